The molecule has 1 N–H and O–H groups in total. The Morgan fingerprint density at radius 3 is 2.68 bits per heavy atom. The summed E-state index contributed by atoms with van der Waals surface area (Å²) in [5.74, 6) is 0.911. The molecular weight excluding hydrogens is 274 g/mol. The van der Waals surface area contributed by atoms with Gasteiger partial charge in [-0.15, -0.1) is 11.8 Å². The van der Waals surface area contributed by atoms with Gasteiger partial charge in [-0.2, -0.15) is 0 Å². The van der Waals surface area contributed by atoms with Crippen molar-refractivity contribution in [2.45, 2.75) is 25.1 Å². The molecule has 5 heteroatoms. The fraction of sp³-hybridized carbons (Fsp3) is 0.429. The van der Waals surface area contributed by atoms with Crippen molar-refractivity contribution < 1.29 is 0 Å². The topological polar surface area (TPSA) is 27.6 Å². The van der Waals surface area contributed by atoms with Crippen LogP contribution in [0.3, 0.4) is 0 Å². The average Bonchev–Trinajstić information content (AvgIpc) is 2.59. The van der Waals surface area contributed by atoms with Crippen LogP contribution in [0.4, 0.5) is 5.69 Å². The number of benzene rings is 1. The number of thioether (sulfide) groups is 1. The van der Waals surface area contributed by atoms with Crippen molar-refractivity contribution in [2.75, 3.05) is 19.0 Å². The van der Waals surface area contributed by atoms with Crippen molar-refractivity contribution in [1.82, 2.24) is 5.32 Å². The van der Waals surface area contributed by atoms with Gasteiger partial charge in [0.2, 0.25) is 0 Å². The van der Waals surface area contributed by atoms with Gasteiger partial charge >= 0.3 is 0 Å². The van der Waals surface area contributed by atoms with E-state index >= 15 is 0 Å². The Kier molecular flexibility index (Phi) is 4.16. The molecule has 1 aliphatic rings. The summed E-state index contributed by atoms with van der Waals surface area (Å²) in [5.41, 5.74) is 2.38. The molecule has 0 bridgehead atoms. The van der Waals surface area contributed by atoms with Crippen LogP contribution >= 0.6 is 24.0 Å². The number of thiocarbonyl (C=S) groups is 1. The number of aliphatic imine (C=N–C) groups is 1. The molecular formula is C14H19N3S2. The zero-order chi connectivity index (χ0) is 14.0. The van der Waals surface area contributed by atoms with Gasteiger partial charge in [-0.05, 0) is 43.8 Å². The molecule has 1 aliphatic heterocycles. The van der Waals surface area contributed by atoms with Gasteiger partial charge in [-0.25, -0.2) is 4.99 Å². The summed E-state index contributed by atoms with van der Waals surface area (Å²) >= 11 is 6.86. The molecule has 1 aromatic rings. The van der Waals surface area contributed by atoms with Gasteiger partial charge in [0, 0.05) is 25.5 Å². The van der Waals surface area contributed by atoms with Gasteiger partial charge in [0.25, 0.3) is 0 Å². The lowest BCUT2D eigenvalue weighted by molar-refractivity contribution is 0.646. The van der Waals surface area contributed by atoms with Crippen LogP contribution in [0.25, 0.3) is 0 Å². The van der Waals surface area contributed by atoms with E-state index in [0.29, 0.717) is 5.11 Å². The van der Waals surface area contributed by atoms with Gasteiger partial charge < -0.3 is 10.2 Å². The Bertz CT molecular complexity index is 521. The van der Waals surface area contributed by atoms with E-state index in [1.165, 1.54) is 11.3 Å². The Hall–Kier alpha value is -1.07. The number of hydrogen-bond donors (Lipinski definition) is 1. The average molecular weight is 293 g/mol. The predicted octanol–water partition coefficient (Wildman–Crippen LogP) is 3.05. The number of rotatable bonds is 3. The van der Waals surface area contributed by atoms with E-state index in [9.17, 15) is 0 Å². The molecule has 0 aliphatic carbocycles. The van der Waals surface area contributed by atoms with Crippen LogP contribution in [0, 0.1) is 0 Å². The van der Waals surface area contributed by atoms with Crippen LogP contribution in [0.1, 0.15) is 19.4 Å². The van der Waals surface area contributed by atoms with E-state index < -0.39 is 0 Å². The first kappa shape index (κ1) is 14.3. The zero-order valence-electron chi connectivity index (χ0n) is 11.7. The van der Waals surface area contributed by atoms with Crippen LogP contribution in [-0.4, -0.2) is 29.8 Å². The summed E-state index contributed by atoms with van der Waals surface area (Å²) < 4.78 is 0. The molecule has 0 atom stereocenters. The molecule has 0 spiro atoms. The lowest BCUT2D eigenvalue weighted by atomic mass is 10.1. The second-order valence-electron chi connectivity index (χ2n) is 5.33. The van der Waals surface area contributed by atoms with E-state index in [1.54, 1.807) is 11.8 Å². The van der Waals surface area contributed by atoms with Crippen molar-refractivity contribution in [3.05, 3.63) is 29.8 Å². The van der Waals surface area contributed by atoms with Gasteiger partial charge in [0.1, 0.15) is 5.04 Å². The first-order valence-corrected chi connectivity index (χ1v) is 7.58. The van der Waals surface area contributed by atoms with Crippen molar-refractivity contribution >= 4 is 39.8 Å². The molecule has 3 nitrogen and oxygen atoms in total. The summed E-state index contributed by atoms with van der Waals surface area (Å²) in [6, 6.07) is 8.56. The van der Waals surface area contributed by atoms with Gasteiger partial charge in [0.05, 0.1) is 5.54 Å². The second kappa shape index (κ2) is 5.51. The summed E-state index contributed by atoms with van der Waals surface area (Å²) in [6.07, 6.45) is 0. The second-order valence-corrected chi connectivity index (χ2v) is 6.68. The van der Waals surface area contributed by atoms with E-state index in [2.05, 4.69) is 67.4 Å². The van der Waals surface area contributed by atoms with Crippen LogP contribution in [0.2, 0.25) is 0 Å². The van der Waals surface area contributed by atoms with Gasteiger partial charge in [0.15, 0.2) is 5.11 Å². The van der Waals surface area contributed by atoms with Crippen molar-refractivity contribution in [3.8, 4) is 0 Å². The summed E-state index contributed by atoms with van der Waals surface area (Å²) in [4.78, 5) is 6.52. The minimum absolute atomic E-state index is 0.138. The summed E-state index contributed by atoms with van der Waals surface area (Å²) in [7, 11) is 4.11. The normalized spacial score (nSPS) is 17.1. The number of nitrogens with zero attached hydrogens (tertiary/aromatic N) is 2. The van der Waals surface area contributed by atoms with Crippen LogP contribution in [0.15, 0.2) is 29.3 Å². The van der Waals surface area contributed by atoms with E-state index in [4.69, 9.17) is 12.2 Å². The SMILES string of the molecule is CN(C)c1cccc(CSC2=NC(=S)NC2(C)C)c1. The van der Waals surface area contributed by atoms with Crippen LogP contribution in [0.5, 0.6) is 0 Å². The molecule has 0 fully saturated rings. The first-order valence-electron chi connectivity index (χ1n) is 6.19. The van der Waals surface area contributed by atoms with Gasteiger partial charge in [-0.1, -0.05) is 12.1 Å². The highest BCUT2D eigenvalue weighted by molar-refractivity contribution is 8.13. The third-order valence-electron chi connectivity index (χ3n) is 2.96. The minimum atomic E-state index is -0.138. The highest BCUT2D eigenvalue weighted by Gasteiger charge is 2.31. The van der Waals surface area contributed by atoms with E-state index in [1.807, 2.05) is 0 Å². The lowest BCUT2D eigenvalue weighted by Gasteiger charge is -2.20. The van der Waals surface area contributed by atoms with Gasteiger partial charge in [-0.3, -0.25) is 0 Å². The molecule has 0 amide bonds. The maximum Gasteiger partial charge on any atom is 0.194 e. The third kappa shape index (κ3) is 3.48. The molecule has 1 aromatic carbocycles. The molecule has 19 heavy (non-hydrogen) atoms. The van der Waals surface area contributed by atoms with Crippen LogP contribution in [-0.2, 0) is 5.75 Å². The minimum Gasteiger partial charge on any atom is -0.378 e. The van der Waals surface area contributed by atoms with Crippen molar-refractivity contribution in [1.29, 1.82) is 0 Å². The van der Waals surface area contributed by atoms with Crippen LogP contribution < -0.4 is 10.2 Å². The molecule has 2 rings (SSSR count). The fourth-order valence-electron chi connectivity index (χ4n) is 1.87. The Balaban J connectivity index is 2.05. The molecule has 0 saturated carbocycles. The molecule has 0 radical (unpaired) electrons. The predicted molar refractivity (Wildman–Crippen MR) is 89.3 cm³/mol. The molecule has 102 valence electrons. The standard InChI is InChI=1S/C14H19N3S2/c1-14(2)12(15-13(18)16-14)19-9-10-6-5-7-11(8-10)17(3)4/h5-8H,9H2,1-4H3,(H,16,18). The Morgan fingerprint density at radius 1 is 1.37 bits per heavy atom. The molecule has 0 unspecified atom stereocenters. The number of hydrogen-bond acceptors (Lipinski definition) is 3. The number of nitrogens with one attached hydrogen (secondary N) is 1. The number of anilines is 1. The summed E-state index contributed by atoms with van der Waals surface area (Å²) in [5, 5.41) is 4.86. The maximum atomic E-state index is 5.11. The smallest absolute Gasteiger partial charge is 0.194 e. The first-order chi connectivity index (χ1) is 8.88. The molecule has 1 heterocycles. The quantitative estimate of drug-likeness (QED) is 0.867. The van der Waals surface area contributed by atoms with E-state index in [-0.39, 0.29) is 5.54 Å². The lowest BCUT2D eigenvalue weighted by Crippen LogP contribution is -2.41. The molecule has 0 saturated heterocycles. The monoisotopic (exact) mass is 293 g/mol. The van der Waals surface area contributed by atoms with Crippen molar-refractivity contribution in [2.24, 2.45) is 4.99 Å². The third-order valence-corrected chi connectivity index (χ3v) is 4.51. The maximum absolute atomic E-state index is 5.11. The Morgan fingerprint density at radius 2 is 2.11 bits per heavy atom. The summed E-state index contributed by atoms with van der Waals surface area (Å²) in [6.45, 7) is 4.21. The highest BCUT2D eigenvalue weighted by atomic mass is 32.2. The fourth-order valence-corrected chi connectivity index (χ4v) is 3.32. The Labute approximate surface area is 124 Å². The van der Waals surface area contributed by atoms with Crippen molar-refractivity contribution in [3.63, 3.8) is 0 Å². The highest BCUT2D eigenvalue weighted by Crippen LogP contribution is 2.26. The zero-order valence-corrected chi connectivity index (χ0v) is 13.4. The van der Waals surface area contributed by atoms with E-state index in [0.717, 1.165) is 10.8 Å². The molecule has 0 aromatic heterocycles. The largest absolute Gasteiger partial charge is 0.378 e.